The van der Waals surface area contributed by atoms with Crippen molar-refractivity contribution in [3.05, 3.63) is 48.0 Å². The summed E-state index contributed by atoms with van der Waals surface area (Å²) in [5, 5.41) is 10.7. The number of furan rings is 1. The van der Waals surface area contributed by atoms with E-state index in [0.29, 0.717) is 24.0 Å². The normalized spacial score (nSPS) is 11.0. The molecule has 0 unspecified atom stereocenters. The van der Waals surface area contributed by atoms with Crippen LogP contribution >= 0.6 is 0 Å². The molecule has 0 aliphatic carbocycles. The highest BCUT2D eigenvalue weighted by atomic mass is 19.1. The lowest BCUT2D eigenvalue weighted by Gasteiger charge is -2.03. The molecule has 21 heavy (non-hydrogen) atoms. The molecule has 0 aliphatic heterocycles. The molecule has 1 aromatic carbocycles. The zero-order valence-electron chi connectivity index (χ0n) is 11.3. The van der Waals surface area contributed by atoms with E-state index in [-0.39, 0.29) is 17.3 Å². The number of amides is 1. The summed E-state index contributed by atoms with van der Waals surface area (Å²) in [7, 11) is 0. The first-order valence-electron chi connectivity index (χ1n) is 6.45. The molecule has 0 radical (unpaired) electrons. The van der Waals surface area contributed by atoms with Crippen LogP contribution in [0.4, 0.5) is 4.39 Å². The van der Waals surface area contributed by atoms with Crippen molar-refractivity contribution in [3.63, 3.8) is 0 Å². The molecule has 3 rings (SSSR count). The highest BCUT2D eigenvalue weighted by Crippen LogP contribution is 2.27. The molecule has 1 amide bonds. The van der Waals surface area contributed by atoms with Crippen LogP contribution in [-0.4, -0.2) is 27.2 Å². The van der Waals surface area contributed by atoms with Gasteiger partial charge in [-0.2, -0.15) is 0 Å². The second kappa shape index (κ2) is 5.35. The van der Waals surface area contributed by atoms with Crippen LogP contribution in [0.25, 0.3) is 11.0 Å². The van der Waals surface area contributed by atoms with Crippen molar-refractivity contribution in [1.82, 2.24) is 20.1 Å². The lowest BCUT2D eigenvalue weighted by molar-refractivity contribution is 0.0925. The van der Waals surface area contributed by atoms with Crippen LogP contribution in [0.1, 0.15) is 16.1 Å². The quantitative estimate of drug-likeness (QED) is 0.796. The summed E-state index contributed by atoms with van der Waals surface area (Å²) in [6.45, 7) is 2.68. The summed E-state index contributed by atoms with van der Waals surface area (Å²) in [6, 6.07) is 4.62. The number of aryl methyl sites for hydroxylation is 1. The minimum absolute atomic E-state index is 0.110. The zero-order valence-corrected chi connectivity index (χ0v) is 11.3. The number of benzene rings is 1. The summed E-state index contributed by atoms with van der Waals surface area (Å²) < 4.78 is 20.7. The minimum atomic E-state index is -0.473. The van der Waals surface area contributed by atoms with Gasteiger partial charge in [-0.05, 0) is 13.0 Å². The lowest BCUT2D eigenvalue weighted by atomic mass is 10.1. The van der Waals surface area contributed by atoms with Crippen LogP contribution in [0.5, 0.6) is 0 Å². The average Bonchev–Trinajstić information content (AvgIpc) is 3.08. The van der Waals surface area contributed by atoms with Crippen molar-refractivity contribution in [2.45, 2.75) is 13.5 Å². The summed E-state index contributed by atoms with van der Waals surface area (Å²) in [4.78, 5) is 12.1. The van der Waals surface area contributed by atoms with E-state index in [2.05, 4.69) is 15.5 Å². The number of halogens is 1. The molecule has 0 fully saturated rings. The van der Waals surface area contributed by atoms with Gasteiger partial charge in [0.15, 0.2) is 17.2 Å². The molecule has 1 N–H and O–H groups in total. The van der Waals surface area contributed by atoms with E-state index in [1.54, 1.807) is 36.3 Å². The smallest absolute Gasteiger partial charge is 0.287 e. The summed E-state index contributed by atoms with van der Waals surface area (Å²) in [5.41, 5.74) is 0.741. The number of para-hydroxylation sites is 1. The number of hydrogen-bond acceptors (Lipinski definition) is 4. The van der Waals surface area contributed by atoms with Gasteiger partial charge in [0.25, 0.3) is 5.91 Å². The van der Waals surface area contributed by atoms with Gasteiger partial charge in [-0.1, -0.05) is 12.1 Å². The Morgan fingerprint density at radius 1 is 1.38 bits per heavy atom. The summed E-state index contributed by atoms with van der Waals surface area (Å²) in [5.74, 6) is -0.700. The standard InChI is InChI=1S/C14H13FN4O2/c1-9-10-3-2-4-11(15)13(10)21-12(9)14(20)16-5-6-19-7-17-18-8-19/h2-4,7-8H,5-6H2,1H3,(H,16,20). The number of hydrogen-bond donors (Lipinski definition) is 1. The maximum Gasteiger partial charge on any atom is 0.287 e. The molecule has 0 atom stereocenters. The molecular weight excluding hydrogens is 275 g/mol. The van der Waals surface area contributed by atoms with Gasteiger partial charge in [-0.25, -0.2) is 4.39 Å². The SMILES string of the molecule is Cc1c(C(=O)NCCn2cnnc2)oc2c(F)cccc12. The summed E-state index contributed by atoms with van der Waals surface area (Å²) >= 11 is 0. The van der Waals surface area contributed by atoms with E-state index in [9.17, 15) is 9.18 Å². The van der Waals surface area contributed by atoms with Gasteiger partial charge in [0.2, 0.25) is 0 Å². The number of carbonyl (C=O) groups excluding carboxylic acids is 1. The van der Waals surface area contributed by atoms with E-state index in [0.717, 1.165) is 0 Å². The van der Waals surface area contributed by atoms with E-state index >= 15 is 0 Å². The van der Waals surface area contributed by atoms with Crippen LogP contribution in [0.2, 0.25) is 0 Å². The molecule has 0 spiro atoms. The highest BCUT2D eigenvalue weighted by molar-refractivity contribution is 5.98. The van der Waals surface area contributed by atoms with Gasteiger partial charge in [-0.15, -0.1) is 10.2 Å². The molecule has 3 aromatic rings. The fourth-order valence-corrected chi connectivity index (χ4v) is 2.14. The van der Waals surface area contributed by atoms with E-state index in [1.807, 2.05) is 0 Å². The molecule has 2 heterocycles. The summed E-state index contributed by atoms with van der Waals surface area (Å²) in [6.07, 6.45) is 3.13. The molecule has 108 valence electrons. The number of fused-ring (bicyclic) bond motifs is 1. The Morgan fingerprint density at radius 3 is 2.86 bits per heavy atom. The van der Waals surface area contributed by atoms with Crippen molar-refractivity contribution < 1.29 is 13.6 Å². The predicted octanol–water partition coefficient (Wildman–Crippen LogP) is 1.90. The fraction of sp³-hybridized carbons (Fsp3) is 0.214. The molecule has 2 aromatic heterocycles. The lowest BCUT2D eigenvalue weighted by Crippen LogP contribution is -2.27. The van der Waals surface area contributed by atoms with Gasteiger partial charge < -0.3 is 14.3 Å². The highest BCUT2D eigenvalue weighted by Gasteiger charge is 2.18. The number of rotatable bonds is 4. The van der Waals surface area contributed by atoms with Crippen LogP contribution in [0.15, 0.2) is 35.3 Å². The fourth-order valence-electron chi connectivity index (χ4n) is 2.14. The number of nitrogens with zero attached hydrogens (tertiary/aromatic N) is 3. The van der Waals surface area contributed by atoms with Gasteiger partial charge in [0.1, 0.15) is 12.7 Å². The third-order valence-electron chi connectivity index (χ3n) is 3.24. The largest absolute Gasteiger partial charge is 0.448 e. The topological polar surface area (TPSA) is 73.0 Å². The second-order valence-corrected chi connectivity index (χ2v) is 4.63. The molecule has 0 aliphatic rings. The third-order valence-corrected chi connectivity index (χ3v) is 3.24. The Morgan fingerprint density at radius 2 is 2.14 bits per heavy atom. The van der Waals surface area contributed by atoms with Crippen molar-refractivity contribution in [1.29, 1.82) is 0 Å². The van der Waals surface area contributed by atoms with E-state index < -0.39 is 5.82 Å². The van der Waals surface area contributed by atoms with Crippen molar-refractivity contribution in [2.24, 2.45) is 0 Å². The molecule has 7 heteroatoms. The van der Waals surface area contributed by atoms with E-state index in [4.69, 9.17) is 4.42 Å². The van der Waals surface area contributed by atoms with Crippen LogP contribution in [0.3, 0.4) is 0 Å². The predicted molar refractivity (Wildman–Crippen MR) is 73.3 cm³/mol. The first-order chi connectivity index (χ1) is 10.2. The molecule has 0 saturated carbocycles. The van der Waals surface area contributed by atoms with Crippen LogP contribution < -0.4 is 5.32 Å². The first kappa shape index (κ1) is 13.3. The second-order valence-electron chi connectivity index (χ2n) is 4.63. The van der Waals surface area contributed by atoms with Crippen LogP contribution in [0, 0.1) is 12.7 Å². The molecule has 0 saturated heterocycles. The van der Waals surface area contributed by atoms with Gasteiger partial charge >= 0.3 is 0 Å². The Hall–Kier alpha value is -2.70. The van der Waals surface area contributed by atoms with Gasteiger partial charge in [0.05, 0.1) is 0 Å². The van der Waals surface area contributed by atoms with Gasteiger partial charge in [0, 0.05) is 24.0 Å². The Bertz CT molecular complexity index is 780. The Balaban J connectivity index is 1.75. The van der Waals surface area contributed by atoms with Crippen LogP contribution in [-0.2, 0) is 6.54 Å². The van der Waals surface area contributed by atoms with Crippen molar-refractivity contribution >= 4 is 16.9 Å². The number of nitrogens with one attached hydrogen (secondary N) is 1. The van der Waals surface area contributed by atoms with E-state index in [1.165, 1.54) is 6.07 Å². The molecule has 6 nitrogen and oxygen atoms in total. The first-order valence-corrected chi connectivity index (χ1v) is 6.45. The van der Waals surface area contributed by atoms with Gasteiger partial charge in [-0.3, -0.25) is 4.79 Å². The van der Waals surface area contributed by atoms with Crippen molar-refractivity contribution in [2.75, 3.05) is 6.54 Å². The minimum Gasteiger partial charge on any atom is -0.448 e. The monoisotopic (exact) mass is 288 g/mol. The zero-order chi connectivity index (χ0) is 14.8. The maximum atomic E-state index is 13.6. The average molecular weight is 288 g/mol. The van der Waals surface area contributed by atoms with Crippen molar-refractivity contribution in [3.8, 4) is 0 Å². The number of aromatic nitrogens is 3. The molecular formula is C14H13FN4O2. The Labute approximate surface area is 119 Å². The third kappa shape index (κ3) is 2.49. The number of carbonyl (C=O) groups is 1. The molecule has 0 bridgehead atoms. The Kier molecular flexibility index (Phi) is 3.39. The maximum absolute atomic E-state index is 13.6.